The van der Waals surface area contributed by atoms with Crippen molar-refractivity contribution < 1.29 is 4.74 Å². The molecule has 0 N–H and O–H groups in total. The predicted molar refractivity (Wildman–Crippen MR) is 119 cm³/mol. The summed E-state index contributed by atoms with van der Waals surface area (Å²) < 4.78 is 7.75. The highest BCUT2D eigenvalue weighted by molar-refractivity contribution is 7.23. The van der Waals surface area contributed by atoms with Gasteiger partial charge in [-0.3, -0.25) is 4.79 Å². The second kappa shape index (κ2) is 7.87. The molecule has 0 atom stereocenters. The molecule has 1 saturated heterocycles. The van der Waals surface area contributed by atoms with E-state index < -0.39 is 0 Å². The maximum Gasteiger partial charge on any atom is 0.294 e. The van der Waals surface area contributed by atoms with Crippen LogP contribution in [0, 0.1) is 0 Å². The van der Waals surface area contributed by atoms with Gasteiger partial charge in [0.25, 0.3) is 5.56 Å². The second-order valence-corrected chi connectivity index (χ2v) is 8.99. The van der Waals surface area contributed by atoms with E-state index in [1.807, 2.05) is 41.8 Å². The average Bonchev–Trinajstić information content (AvgIpc) is 3.43. The topological polar surface area (TPSA) is 60.3 Å². The van der Waals surface area contributed by atoms with Crippen molar-refractivity contribution in [2.45, 2.75) is 6.54 Å². The molecular formula is C20H17ClN4O2S2. The van der Waals surface area contributed by atoms with Gasteiger partial charge in [-0.2, -0.15) is 5.10 Å². The monoisotopic (exact) mass is 444 g/mol. The summed E-state index contributed by atoms with van der Waals surface area (Å²) in [6.45, 7) is 3.19. The lowest BCUT2D eigenvalue weighted by molar-refractivity contribution is 0.122. The maximum atomic E-state index is 13.2. The number of benzene rings is 1. The summed E-state index contributed by atoms with van der Waals surface area (Å²) in [5, 5.41) is 8.19. The van der Waals surface area contributed by atoms with Crippen LogP contribution in [0.2, 0.25) is 5.02 Å². The number of ether oxygens (including phenoxy) is 1. The Kier molecular flexibility index (Phi) is 5.09. The van der Waals surface area contributed by atoms with E-state index in [1.165, 1.54) is 16.0 Å². The van der Waals surface area contributed by atoms with Crippen molar-refractivity contribution in [1.82, 2.24) is 14.8 Å². The fourth-order valence-corrected chi connectivity index (χ4v) is 5.39. The van der Waals surface area contributed by atoms with Crippen LogP contribution in [-0.2, 0) is 11.3 Å². The molecule has 0 unspecified atom stereocenters. The van der Waals surface area contributed by atoms with E-state index in [1.54, 1.807) is 11.3 Å². The molecule has 0 amide bonds. The number of rotatable bonds is 4. The first-order valence-corrected chi connectivity index (χ1v) is 11.3. The first-order valence-electron chi connectivity index (χ1n) is 9.22. The number of halogens is 1. The minimum Gasteiger partial charge on any atom is -0.378 e. The molecule has 1 fully saturated rings. The van der Waals surface area contributed by atoms with E-state index in [0.717, 1.165) is 39.1 Å². The summed E-state index contributed by atoms with van der Waals surface area (Å²) in [6.07, 6.45) is 0. The van der Waals surface area contributed by atoms with Gasteiger partial charge >= 0.3 is 0 Å². The van der Waals surface area contributed by atoms with Gasteiger partial charge in [0.1, 0.15) is 5.69 Å². The van der Waals surface area contributed by atoms with Gasteiger partial charge in [0.05, 0.1) is 29.3 Å². The molecule has 148 valence electrons. The lowest BCUT2D eigenvalue weighted by Gasteiger charge is -2.25. The van der Waals surface area contributed by atoms with Gasteiger partial charge in [0.15, 0.2) is 10.6 Å². The summed E-state index contributed by atoms with van der Waals surface area (Å²) in [4.78, 5) is 21.1. The van der Waals surface area contributed by atoms with Crippen molar-refractivity contribution in [3.05, 3.63) is 62.7 Å². The minimum atomic E-state index is -0.198. The third-order valence-electron chi connectivity index (χ3n) is 4.80. The molecule has 0 radical (unpaired) electrons. The van der Waals surface area contributed by atoms with Crippen molar-refractivity contribution in [1.29, 1.82) is 0 Å². The zero-order valence-corrected chi connectivity index (χ0v) is 17.8. The summed E-state index contributed by atoms with van der Waals surface area (Å²) >= 11 is 9.44. The third kappa shape index (κ3) is 3.57. The second-order valence-electron chi connectivity index (χ2n) is 6.65. The van der Waals surface area contributed by atoms with E-state index in [4.69, 9.17) is 26.4 Å². The molecule has 4 heterocycles. The number of anilines is 1. The van der Waals surface area contributed by atoms with E-state index in [2.05, 4.69) is 4.90 Å². The molecule has 29 heavy (non-hydrogen) atoms. The van der Waals surface area contributed by atoms with Crippen molar-refractivity contribution in [3.8, 4) is 10.6 Å². The summed E-state index contributed by atoms with van der Waals surface area (Å²) in [5.74, 6) is 0. The lowest BCUT2D eigenvalue weighted by atomic mass is 10.2. The molecule has 3 aromatic heterocycles. The number of hydrogen-bond acceptors (Lipinski definition) is 7. The van der Waals surface area contributed by atoms with Crippen LogP contribution in [0.3, 0.4) is 0 Å². The van der Waals surface area contributed by atoms with E-state index in [0.29, 0.717) is 30.3 Å². The Balaban J connectivity index is 1.67. The van der Waals surface area contributed by atoms with Crippen LogP contribution in [0.5, 0.6) is 0 Å². The smallest absolute Gasteiger partial charge is 0.294 e. The average molecular weight is 445 g/mol. The standard InChI is InChI=1S/C20H17ClN4O2S2/c21-14-5-2-1-4-13(14)12-25-19(26)17-18(16(23-25)15-6-3-11-28-15)29-20(22-17)24-7-9-27-10-8-24/h1-6,11H,7-10,12H2. The van der Waals surface area contributed by atoms with Crippen molar-refractivity contribution in [3.63, 3.8) is 0 Å². The number of fused-ring (bicyclic) bond motifs is 1. The molecule has 4 aromatic rings. The quantitative estimate of drug-likeness (QED) is 0.474. The highest BCUT2D eigenvalue weighted by Crippen LogP contribution is 2.35. The fourth-order valence-electron chi connectivity index (χ4n) is 3.31. The molecule has 5 rings (SSSR count). The molecular weight excluding hydrogens is 428 g/mol. The molecule has 1 aromatic carbocycles. The fraction of sp³-hybridized carbons (Fsp3) is 0.250. The Morgan fingerprint density at radius 3 is 2.72 bits per heavy atom. The zero-order valence-electron chi connectivity index (χ0n) is 15.4. The lowest BCUT2D eigenvalue weighted by Crippen LogP contribution is -2.36. The Morgan fingerprint density at radius 2 is 1.97 bits per heavy atom. The first kappa shape index (κ1) is 18.7. The summed E-state index contributed by atoms with van der Waals surface area (Å²) in [5.41, 5.74) is 1.90. The van der Waals surface area contributed by atoms with Gasteiger partial charge in [-0.15, -0.1) is 11.3 Å². The highest BCUT2D eigenvalue weighted by atomic mass is 35.5. The van der Waals surface area contributed by atoms with E-state index >= 15 is 0 Å². The molecule has 0 saturated carbocycles. The normalized spacial score (nSPS) is 14.6. The van der Waals surface area contributed by atoms with Crippen LogP contribution in [0.15, 0.2) is 46.6 Å². The summed E-state index contributed by atoms with van der Waals surface area (Å²) in [6, 6.07) is 11.5. The van der Waals surface area contributed by atoms with E-state index in [9.17, 15) is 4.79 Å². The minimum absolute atomic E-state index is 0.198. The highest BCUT2D eigenvalue weighted by Gasteiger charge is 2.22. The molecule has 9 heteroatoms. The van der Waals surface area contributed by atoms with Crippen LogP contribution in [0.1, 0.15) is 5.56 Å². The van der Waals surface area contributed by atoms with Crippen LogP contribution in [0.25, 0.3) is 20.8 Å². The predicted octanol–water partition coefficient (Wildman–Crippen LogP) is 4.12. The maximum absolute atomic E-state index is 13.2. The molecule has 0 bridgehead atoms. The van der Waals surface area contributed by atoms with Gasteiger partial charge in [0.2, 0.25) is 0 Å². The largest absolute Gasteiger partial charge is 0.378 e. The molecule has 1 aliphatic rings. The molecule has 0 spiro atoms. The molecule has 0 aliphatic carbocycles. The Morgan fingerprint density at radius 1 is 1.14 bits per heavy atom. The number of hydrogen-bond donors (Lipinski definition) is 0. The number of morpholine rings is 1. The van der Waals surface area contributed by atoms with Crippen LogP contribution < -0.4 is 10.5 Å². The Bertz CT molecular complexity index is 1210. The summed E-state index contributed by atoms with van der Waals surface area (Å²) in [7, 11) is 0. The Hall–Kier alpha value is -2.26. The number of thiazole rings is 1. The van der Waals surface area contributed by atoms with Crippen molar-refractivity contribution in [2.75, 3.05) is 31.2 Å². The Labute approximate surface area is 180 Å². The number of thiophene rings is 1. The van der Waals surface area contributed by atoms with Crippen LogP contribution in [0.4, 0.5) is 5.13 Å². The third-order valence-corrected chi connectivity index (χ3v) is 7.17. The number of nitrogens with zero attached hydrogens (tertiary/aromatic N) is 4. The SMILES string of the molecule is O=c1c2nc(N3CCOCC3)sc2c(-c2cccs2)nn1Cc1ccccc1Cl. The van der Waals surface area contributed by atoms with Crippen LogP contribution in [-0.4, -0.2) is 41.1 Å². The first-order chi connectivity index (χ1) is 14.2. The number of aromatic nitrogens is 3. The van der Waals surface area contributed by atoms with Crippen molar-refractivity contribution in [2.24, 2.45) is 0 Å². The van der Waals surface area contributed by atoms with Gasteiger partial charge in [-0.25, -0.2) is 9.67 Å². The van der Waals surface area contributed by atoms with Gasteiger partial charge < -0.3 is 9.64 Å². The van der Waals surface area contributed by atoms with E-state index in [-0.39, 0.29) is 5.56 Å². The van der Waals surface area contributed by atoms with Gasteiger partial charge in [0, 0.05) is 18.1 Å². The molecule has 6 nitrogen and oxygen atoms in total. The van der Waals surface area contributed by atoms with Gasteiger partial charge in [-0.05, 0) is 23.1 Å². The van der Waals surface area contributed by atoms with Crippen molar-refractivity contribution >= 4 is 49.6 Å². The zero-order chi connectivity index (χ0) is 19.8. The molecule has 1 aliphatic heterocycles. The van der Waals surface area contributed by atoms with Crippen LogP contribution >= 0.6 is 34.3 Å². The van der Waals surface area contributed by atoms with Gasteiger partial charge in [-0.1, -0.05) is 47.2 Å².